The number of fused-ring (bicyclic) bond motifs is 1. The highest BCUT2D eigenvalue weighted by atomic mass is 16.5. The van der Waals surface area contributed by atoms with Crippen molar-refractivity contribution in [2.75, 3.05) is 20.7 Å². The van der Waals surface area contributed by atoms with Crippen LogP contribution >= 0.6 is 0 Å². The number of methoxy groups -OCH3 is 1. The average molecular weight is 315 g/mol. The smallest absolute Gasteiger partial charge is 0.161 e. The third kappa shape index (κ3) is 1.90. The Labute approximate surface area is 137 Å². The summed E-state index contributed by atoms with van der Waals surface area (Å²) in [6.07, 6.45) is 3.40. The summed E-state index contributed by atoms with van der Waals surface area (Å²) in [5.41, 5.74) is 2.00. The third-order valence-corrected chi connectivity index (χ3v) is 6.67. The van der Waals surface area contributed by atoms with E-state index in [2.05, 4.69) is 24.9 Å². The lowest BCUT2D eigenvalue weighted by Crippen LogP contribution is -2.62. The molecule has 4 rings (SSSR count). The number of benzene rings is 1. The molecule has 0 spiro atoms. The minimum absolute atomic E-state index is 0.136. The molecule has 1 aromatic carbocycles. The van der Waals surface area contributed by atoms with Gasteiger partial charge in [0.05, 0.1) is 7.11 Å². The number of likely N-dealkylation sites (tertiary alicyclic amines) is 1. The number of likely N-dealkylation sites (N-methyl/N-ethyl adjacent to an activating group) is 1. The van der Waals surface area contributed by atoms with Crippen molar-refractivity contribution in [3.8, 4) is 11.5 Å². The van der Waals surface area contributed by atoms with Crippen molar-refractivity contribution in [1.29, 1.82) is 0 Å². The Morgan fingerprint density at radius 1 is 1.39 bits per heavy atom. The molecule has 2 fully saturated rings. The van der Waals surface area contributed by atoms with Crippen LogP contribution in [0.2, 0.25) is 0 Å². The maximum atomic E-state index is 12.6. The summed E-state index contributed by atoms with van der Waals surface area (Å²) in [5, 5.41) is 10.8. The lowest BCUT2D eigenvalue weighted by Gasteiger charge is -2.58. The first-order chi connectivity index (χ1) is 11.0. The van der Waals surface area contributed by atoms with Gasteiger partial charge in [-0.05, 0) is 50.4 Å². The molecule has 124 valence electrons. The molecule has 1 aliphatic heterocycles. The molecular formula is C19H25NO3. The first-order valence-corrected chi connectivity index (χ1v) is 8.60. The van der Waals surface area contributed by atoms with Crippen molar-refractivity contribution < 1.29 is 14.6 Å². The highest BCUT2D eigenvalue weighted by molar-refractivity contribution is 5.84. The van der Waals surface area contributed by atoms with Crippen LogP contribution in [-0.4, -0.2) is 42.5 Å². The Morgan fingerprint density at radius 2 is 2.17 bits per heavy atom. The first kappa shape index (κ1) is 15.0. The molecule has 4 heteroatoms. The van der Waals surface area contributed by atoms with Gasteiger partial charge in [0, 0.05) is 29.4 Å². The summed E-state index contributed by atoms with van der Waals surface area (Å²) in [4.78, 5) is 15.0. The SMILES string of the molecule is COc1ccc2c(c1O)[C@]13CCN(C)[C@@H](C2)[C@@H]1C[C@@H](C)C(=O)C3. The van der Waals surface area contributed by atoms with Crippen molar-refractivity contribution in [3.05, 3.63) is 23.3 Å². The van der Waals surface area contributed by atoms with Gasteiger partial charge in [-0.15, -0.1) is 0 Å². The number of ether oxygens (including phenoxy) is 1. The second kappa shape index (κ2) is 4.97. The number of hydrogen-bond acceptors (Lipinski definition) is 4. The quantitative estimate of drug-likeness (QED) is 0.865. The van der Waals surface area contributed by atoms with Crippen LogP contribution in [0.25, 0.3) is 0 Å². The van der Waals surface area contributed by atoms with E-state index in [0.717, 1.165) is 31.4 Å². The molecular weight excluding hydrogens is 290 g/mol. The van der Waals surface area contributed by atoms with Gasteiger partial charge in [-0.3, -0.25) is 4.79 Å². The van der Waals surface area contributed by atoms with Gasteiger partial charge in [-0.2, -0.15) is 0 Å². The van der Waals surface area contributed by atoms with E-state index in [-0.39, 0.29) is 17.1 Å². The Kier molecular flexibility index (Phi) is 3.24. The molecule has 0 unspecified atom stereocenters. The summed E-state index contributed by atoms with van der Waals surface area (Å²) in [7, 11) is 3.79. The number of ketones is 1. The molecule has 0 radical (unpaired) electrons. The van der Waals surface area contributed by atoms with Gasteiger partial charge >= 0.3 is 0 Å². The molecule has 1 saturated heterocycles. The van der Waals surface area contributed by atoms with Crippen LogP contribution < -0.4 is 4.74 Å². The Hall–Kier alpha value is -1.55. The summed E-state index contributed by atoms with van der Waals surface area (Å²) in [6, 6.07) is 4.41. The van der Waals surface area contributed by atoms with Crippen LogP contribution in [0.1, 0.15) is 37.3 Å². The molecule has 4 nitrogen and oxygen atoms in total. The van der Waals surface area contributed by atoms with Gasteiger partial charge in [0.25, 0.3) is 0 Å². The Bertz CT molecular complexity index is 671. The minimum Gasteiger partial charge on any atom is -0.504 e. The number of rotatable bonds is 1. The van der Waals surface area contributed by atoms with Gasteiger partial charge < -0.3 is 14.7 Å². The van der Waals surface area contributed by atoms with E-state index in [9.17, 15) is 9.90 Å². The molecule has 4 atom stereocenters. The normalized spacial score (nSPS) is 36.3. The molecule has 0 amide bonds. The van der Waals surface area contributed by atoms with Gasteiger partial charge in [0.1, 0.15) is 5.78 Å². The van der Waals surface area contributed by atoms with E-state index < -0.39 is 0 Å². The van der Waals surface area contributed by atoms with Crippen molar-refractivity contribution >= 4 is 5.78 Å². The number of carbonyl (C=O) groups is 1. The number of hydrogen-bond donors (Lipinski definition) is 1. The minimum atomic E-state index is -0.201. The molecule has 1 aromatic rings. The zero-order valence-corrected chi connectivity index (χ0v) is 14.1. The number of nitrogens with zero attached hydrogens (tertiary/aromatic N) is 1. The Balaban J connectivity index is 1.94. The molecule has 2 aliphatic carbocycles. The largest absolute Gasteiger partial charge is 0.504 e. The van der Waals surface area contributed by atoms with E-state index in [1.54, 1.807) is 7.11 Å². The molecule has 1 heterocycles. The lowest BCUT2D eigenvalue weighted by atomic mass is 9.50. The van der Waals surface area contributed by atoms with Gasteiger partial charge in [-0.25, -0.2) is 0 Å². The fourth-order valence-electron chi connectivity index (χ4n) is 5.43. The van der Waals surface area contributed by atoms with Crippen LogP contribution in [0.5, 0.6) is 11.5 Å². The van der Waals surface area contributed by atoms with Crippen molar-refractivity contribution in [2.45, 2.75) is 44.1 Å². The van der Waals surface area contributed by atoms with Crippen LogP contribution in [0.3, 0.4) is 0 Å². The number of aromatic hydroxyl groups is 1. The summed E-state index contributed by atoms with van der Waals surface area (Å²) in [5.74, 6) is 1.72. The van der Waals surface area contributed by atoms with E-state index in [1.165, 1.54) is 5.56 Å². The molecule has 3 aliphatic rings. The molecule has 1 N–H and O–H groups in total. The van der Waals surface area contributed by atoms with Gasteiger partial charge in [-0.1, -0.05) is 13.0 Å². The number of carbonyl (C=O) groups excluding carboxylic acids is 1. The molecule has 2 bridgehead atoms. The van der Waals surface area contributed by atoms with Crippen LogP contribution in [0.15, 0.2) is 12.1 Å². The topological polar surface area (TPSA) is 49.8 Å². The fraction of sp³-hybridized carbons (Fsp3) is 0.632. The number of Topliss-reactive ketones (excluding diaryl/α,β-unsaturated/α-hetero) is 1. The molecule has 0 aromatic heterocycles. The van der Waals surface area contributed by atoms with Crippen LogP contribution in [0, 0.1) is 11.8 Å². The predicted octanol–water partition coefficient (Wildman–Crippen LogP) is 2.51. The molecule has 23 heavy (non-hydrogen) atoms. The Morgan fingerprint density at radius 3 is 2.91 bits per heavy atom. The first-order valence-electron chi connectivity index (χ1n) is 8.60. The van der Waals surface area contributed by atoms with Crippen LogP contribution in [0.4, 0.5) is 0 Å². The number of phenols is 1. The van der Waals surface area contributed by atoms with E-state index in [4.69, 9.17) is 4.74 Å². The second-order valence-electron chi connectivity index (χ2n) is 7.70. The van der Waals surface area contributed by atoms with Crippen molar-refractivity contribution in [3.63, 3.8) is 0 Å². The standard InChI is InChI=1S/C19H25NO3/c1-11-8-13-14-9-12-4-5-16(23-3)18(22)17(12)19(13,10-15(11)21)6-7-20(14)2/h4-5,11,13-14,22H,6-10H2,1-3H3/t11-,13+,14+,19+/m1/s1. The van der Waals surface area contributed by atoms with Crippen molar-refractivity contribution in [1.82, 2.24) is 4.90 Å². The van der Waals surface area contributed by atoms with Gasteiger partial charge in [0.2, 0.25) is 0 Å². The van der Waals surface area contributed by atoms with Crippen molar-refractivity contribution in [2.24, 2.45) is 11.8 Å². The predicted molar refractivity (Wildman–Crippen MR) is 88.0 cm³/mol. The lowest BCUT2D eigenvalue weighted by molar-refractivity contribution is -0.132. The maximum absolute atomic E-state index is 12.6. The van der Waals surface area contributed by atoms with E-state index in [1.807, 2.05) is 6.07 Å². The number of piperidine rings is 1. The van der Waals surface area contributed by atoms with Gasteiger partial charge in [0.15, 0.2) is 11.5 Å². The zero-order valence-electron chi connectivity index (χ0n) is 14.1. The number of phenolic OH excluding ortho intramolecular Hbond substituents is 1. The van der Waals surface area contributed by atoms with E-state index in [0.29, 0.717) is 29.9 Å². The summed E-state index contributed by atoms with van der Waals surface area (Å²) >= 11 is 0. The third-order valence-electron chi connectivity index (χ3n) is 6.67. The summed E-state index contributed by atoms with van der Waals surface area (Å²) < 4.78 is 5.35. The monoisotopic (exact) mass is 315 g/mol. The summed E-state index contributed by atoms with van der Waals surface area (Å²) in [6.45, 7) is 3.05. The van der Waals surface area contributed by atoms with E-state index >= 15 is 0 Å². The average Bonchev–Trinajstić information content (AvgIpc) is 2.52. The fourth-order valence-corrected chi connectivity index (χ4v) is 5.43. The maximum Gasteiger partial charge on any atom is 0.161 e. The zero-order chi connectivity index (χ0) is 16.4. The van der Waals surface area contributed by atoms with Crippen LogP contribution in [-0.2, 0) is 16.6 Å². The highest BCUT2D eigenvalue weighted by Crippen LogP contribution is 2.58. The highest BCUT2D eigenvalue weighted by Gasteiger charge is 2.57. The second-order valence-corrected chi connectivity index (χ2v) is 7.70. The molecule has 1 saturated carbocycles.